The standard InChI is InChI=1S/C15H16N2O4/c1-20-10-4-6-14(21-2)13(8-10)17-12-5-3-9(15(18)19)7-11(12)16/h3-8,17H,16H2,1-2H3,(H,18,19). The lowest BCUT2D eigenvalue weighted by atomic mass is 10.1. The number of carboxylic acids is 1. The molecular formula is C15H16N2O4. The van der Waals surface area contributed by atoms with Crippen LogP contribution in [0.4, 0.5) is 17.1 Å². The zero-order valence-corrected chi connectivity index (χ0v) is 11.7. The van der Waals surface area contributed by atoms with Crippen molar-refractivity contribution in [2.24, 2.45) is 0 Å². The minimum Gasteiger partial charge on any atom is -0.497 e. The molecule has 0 saturated heterocycles. The van der Waals surface area contributed by atoms with Crippen LogP contribution in [0.1, 0.15) is 10.4 Å². The fourth-order valence-electron chi connectivity index (χ4n) is 1.87. The Balaban J connectivity index is 2.35. The first-order valence-electron chi connectivity index (χ1n) is 6.17. The van der Waals surface area contributed by atoms with Crippen LogP contribution < -0.4 is 20.5 Å². The third-order valence-corrected chi connectivity index (χ3v) is 2.97. The van der Waals surface area contributed by atoms with Gasteiger partial charge in [-0.3, -0.25) is 0 Å². The summed E-state index contributed by atoms with van der Waals surface area (Å²) in [4.78, 5) is 10.9. The number of carbonyl (C=O) groups is 1. The number of hydrogen-bond donors (Lipinski definition) is 3. The van der Waals surface area contributed by atoms with Crippen molar-refractivity contribution in [2.45, 2.75) is 0 Å². The molecule has 21 heavy (non-hydrogen) atoms. The van der Waals surface area contributed by atoms with Crippen LogP contribution in [-0.4, -0.2) is 25.3 Å². The molecule has 6 heteroatoms. The predicted octanol–water partition coefficient (Wildman–Crippen LogP) is 2.73. The van der Waals surface area contributed by atoms with E-state index in [1.807, 2.05) is 0 Å². The van der Waals surface area contributed by atoms with Crippen molar-refractivity contribution >= 4 is 23.0 Å². The minimum atomic E-state index is -1.02. The van der Waals surface area contributed by atoms with Gasteiger partial charge in [-0.05, 0) is 30.3 Å². The molecule has 0 bridgehead atoms. The number of anilines is 3. The van der Waals surface area contributed by atoms with Crippen molar-refractivity contribution in [3.63, 3.8) is 0 Å². The van der Waals surface area contributed by atoms with Gasteiger partial charge >= 0.3 is 5.97 Å². The summed E-state index contributed by atoms with van der Waals surface area (Å²) in [6.07, 6.45) is 0. The minimum absolute atomic E-state index is 0.135. The first kappa shape index (κ1) is 14.5. The number of carboxylic acid groups (broad SMARTS) is 1. The molecule has 0 aliphatic heterocycles. The molecule has 0 aliphatic carbocycles. The largest absolute Gasteiger partial charge is 0.497 e. The van der Waals surface area contributed by atoms with E-state index in [2.05, 4.69) is 5.32 Å². The topological polar surface area (TPSA) is 93.8 Å². The van der Waals surface area contributed by atoms with Gasteiger partial charge in [0.05, 0.1) is 36.8 Å². The molecule has 0 heterocycles. The van der Waals surface area contributed by atoms with Crippen molar-refractivity contribution < 1.29 is 19.4 Å². The van der Waals surface area contributed by atoms with Crippen molar-refractivity contribution in [3.05, 3.63) is 42.0 Å². The Morgan fingerprint density at radius 2 is 1.86 bits per heavy atom. The van der Waals surface area contributed by atoms with E-state index < -0.39 is 5.97 Å². The Labute approximate surface area is 122 Å². The summed E-state index contributed by atoms with van der Waals surface area (Å²) < 4.78 is 10.4. The molecule has 0 amide bonds. The fraction of sp³-hybridized carbons (Fsp3) is 0.133. The SMILES string of the molecule is COc1ccc(OC)c(Nc2ccc(C(=O)O)cc2N)c1. The van der Waals surface area contributed by atoms with E-state index in [9.17, 15) is 4.79 Å². The van der Waals surface area contributed by atoms with Gasteiger partial charge in [0, 0.05) is 6.07 Å². The van der Waals surface area contributed by atoms with E-state index in [1.165, 1.54) is 12.1 Å². The summed E-state index contributed by atoms with van der Waals surface area (Å²) in [6, 6.07) is 9.80. The van der Waals surface area contributed by atoms with Gasteiger partial charge in [-0.15, -0.1) is 0 Å². The highest BCUT2D eigenvalue weighted by atomic mass is 16.5. The van der Waals surface area contributed by atoms with Crippen LogP contribution in [0.3, 0.4) is 0 Å². The molecule has 4 N–H and O–H groups in total. The van der Waals surface area contributed by atoms with Gasteiger partial charge in [0.1, 0.15) is 11.5 Å². The zero-order valence-electron chi connectivity index (χ0n) is 11.7. The van der Waals surface area contributed by atoms with Crippen LogP contribution in [0, 0.1) is 0 Å². The van der Waals surface area contributed by atoms with E-state index >= 15 is 0 Å². The van der Waals surface area contributed by atoms with Crippen LogP contribution in [0.15, 0.2) is 36.4 Å². The van der Waals surface area contributed by atoms with Gasteiger partial charge in [-0.2, -0.15) is 0 Å². The molecule has 110 valence electrons. The summed E-state index contributed by atoms with van der Waals surface area (Å²) in [5.74, 6) is 0.267. The normalized spacial score (nSPS) is 10.0. The van der Waals surface area contributed by atoms with Crippen molar-refractivity contribution in [1.29, 1.82) is 0 Å². The number of hydrogen-bond acceptors (Lipinski definition) is 5. The molecule has 0 spiro atoms. The van der Waals surface area contributed by atoms with Crippen LogP contribution in [0.5, 0.6) is 11.5 Å². The molecule has 2 rings (SSSR count). The summed E-state index contributed by atoms with van der Waals surface area (Å²) in [7, 11) is 3.13. The number of benzene rings is 2. The smallest absolute Gasteiger partial charge is 0.335 e. The maximum Gasteiger partial charge on any atom is 0.335 e. The van der Waals surface area contributed by atoms with E-state index in [-0.39, 0.29) is 5.56 Å². The van der Waals surface area contributed by atoms with E-state index in [0.29, 0.717) is 28.6 Å². The van der Waals surface area contributed by atoms with Gasteiger partial charge in [0.15, 0.2) is 0 Å². The second-order valence-corrected chi connectivity index (χ2v) is 4.30. The van der Waals surface area contributed by atoms with Crippen LogP contribution >= 0.6 is 0 Å². The molecule has 0 aliphatic rings. The number of nitrogens with one attached hydrogen (secondary N) is 1. The third kappa shape index (κ3) is 3.17. The number of ether oxygens (including phenoxy) is 2. The highest BCUT2D eigenvalue weighted by Crippen LogP contribution is 2.33. The van der Waals surface area contributed by atoms with Crippen molar-refractivity contribution in [3.8, 4) is 11.5 Å². The highest BCUT2D eigenvalue weighted by Gasteiger charge is 2.09. The first-order chi connectivity index (χ1) is 10.0. The lowest BCUT2D eigenvalue weighted by Crippen LogP contribution is -2.02. The summed E-state index contributed by atoms with van der Waals surface area (Å²) in [5.41, 5.74) is 7.60. The second-order valence-electron chi connectivity index (χ2n) is 4.30. The molecule has 2 aromatic carbocycles. The Morgan fingerprint density at radius 1 is 1.10 bits per heavy atom. The van der Waals surface area contributed by atoms with Gasteiger partial charge in [-0.25, -0.2) is 4.79 Å². The first-order valence-corrected chi connectivity index (χ1v) is 6.17. The lowest BCUT2D eigenvalue weighted by molar-refractivity contribution is 0.0697. The van der Waals surface area contributed by atoms with Crippen molar-refractivity contribution in [2.75, 3.05) is 25.3 Å². The molecule has 0 saturated carbocycles. The van der Waals surface area contributed by atoms with Crippen molar-refractivity contribution in [1.82, 2.24) is 0 Å². The Kier molecular flexibility index (Phi) is 4.18. The average molecular weight is 288 g/mol. The number of methoxy groups -OCH3 is 2. The molecule has 2 aromatic rings. The maximum atomic E-state index is 10.9. The van der Waals surface area contributed by atoms with E-state index in [0.717, 1.165) is 0 Å². The highest BCUT2D eigenvalue weighted by molar-refractivity contribution is 5.91. The third-order valence-electron chi connectivity index (χ3n) is 2.97. The molecule has 0 aromatic heterocycles. The van der Waals surface area contributed by atoms with E-state index in [4.69, 9.17) is 20.3 Å². The molecule has 0 fully saturated rings. The van der Waals surface area contributed by atoms with Gasteiger partial charge < -0.3 is 25.6 Å². The van der Waals surface area contributed by atoms with Crippen LogP contribution in [0.25, 0.3) is 0 Å². The Bertz CT molecular complexity index is 671. The quantitative estimate of drug-likeness (QED) is 0.732. The van der Waals surface area contributed by atoms with Gasteiger partial charge in [0.25, 0.3) is 0 Å². The lowest BCUT2D eigenvalue weighted by Gasteiger charge is -2.14. The van der Waals surface area contributed by atoms with Crippen LogP contribution in [-0.2, 0) is 0 Å². The Hall–Kier alpha value is -2.89. The number of aromatic carboxylic acids is 1. The summed E-state index contributed by atoms with van der Waals surface area (Å²) >= 11 is 0. The van der Waals surface area contributed by atoms with Gasteiger partial charge in [0.2, 0.25) is 0 Å². The Morgan fingerprint density at radius 3 is 2.43 bits per heavy atom. The summed E-state index contributed by atoms with van der Waals surface area (Å²) in [5, 5.41) is 12.0. The second kappa shape index (κ2) is 6.04. The maximum absolute atomic E-state index is 10.9. The average Bonchev–Trinajstić information content (AvgIpc) is 2.49. The monoisotopic (exact) mass is 288 g/mol. The molecule has 0 atom stereocenters. The molecular weight excluding hydrogens is 272 g/mol. The molecule has 6 nitrogen and oxygen atoms in total. The van der Waals surface area contributed by atoms with Gasteiger partial charge in [-0.1, -0.05) is 0 Å². The summed E-state index contributed by atoms with van der Waals surface area (Å²) in [6.45, 7) is 0. The predicted molar refractivity (Wildman–Crippen MR) is 80.6 cm³/mol. The number of nitrogens with two attached hydrogens (primary N) is 1. The molecule has 0 radical (unpaired) electrons. The van der Waals surface area contributed by atoms with Crippen LogP contribution in [0.2, 0.25) is 0 Å². The fourth-order valence-corrected chi connectivity index (χ4v) is 1.87. The number of nitrogen functional groups attached to an aromatic ring is 1. The zero-order chi connectivity index (χ0) is 15.4. The van der Waals surface area contributed by atoms with E-state index in [1.54, 1.807) is 38.5 Å². The number of rotatable bonds is 5. The molecule has 0 unspecified atom stereocenters.